The van der Waals surface area contributed by atoms with Gasteiger partial charge >= 0.3 is 0 Å². The van der Waals surface area contributed by atoms with Crippen molar-refractivity contribution in [1.82, 2.24) is 14.8 Å². The molecular formula is C20H25N3O3. The Labute approximate surface area is 153 Å². The summed E-state index contributed by atoms with van der Waals surface area (Å²) < 4.78 is 11.1. The molecule has 2 aromatic rings. The third kappa shape index (κ3) is 3.15. The zero-order chi connectivity index (χ0) is 18.1. The molecule has 0 aliphatic carbocycles. The summed E-state index contributed by atoms with van der Waals surface area (Å²) in [6.45, 7) is 5.26. The van der Waals surface area contributed by atoms with Crippen LogP contribution in [-0.2, 0) is 11.3 Å². The van der Waals surface area contributed by atoms with Gasteiger partial charge in [-0.2, -0.15) is 0 Å². The van der Waals surface area contributed by atoms with Crippen molar-refractivity contribution in [2.75, 3.05) is 26.7 Å². The van der Waals surface area contributed by atoms with Gasteiger partial charge in [0.1, 0.15) is 5.76 Å². The lowest BCUT2D eigenvalue weighted by Gasteiger charge is -2.41. The molecule has 3 atom stereocenters. The number of rotatable bonds is 4. The van der Waals surface area contributed by atoms with E-state index in [0.29, 0.717) is 17.2 Å². The molecular weight excluding hydrogens is 330 g/mol. The highest BCUT2D eigenvalue weighted by molar-refractivity contribution is 5.95. The fraction of sp³-hybridized carbons (Fsp3) is 0.500. The molecule has 4 rings (SSSR count). The third-order valence-electron chi connectivity index (χ3n) is 5.75. The number of hydrogen-bond acceptors (Lipinski definition) is 5. The minimum atomic E-state index is 0.0755. The van der Waals surface area contributed by atoms with Crippen molar-refractivity contribution in [2.45, 2.75) is 32.0 Å². The Balaban J connectivity index is 1.54. The van der Waals surface area contributed by atoms with Gasteiger partial charge in [0.2, 0.25) is 0 Å². The first-order valence-electron chi connectivity index (χ1n) is 9.16. The summed E-state index contributed by atoms with van der Waals surface area (Å²) in [5, 5.41) is 0. The number of hydrogen-bond donors (Lipinski definition) is 0. The lowest BCUT2D eigenvalue weighted by atomic mass is 9.88. The van der Waals surface area contributed by atoms with Crippen LogP contribution in [-0.4, -0.2) is 59.6 Å². The summed E-state index contributed by atoms with van der Waals surface area (Å²) in [5.74, 6) is 1.10. The molecule has 6 nitrogen and oxygen atoms in total. The van der Waals surface area contributed by atoms with Crippen molar-refractivity contribution in [3.8, 4) is 0 Å². The van der Waals surface area contributed by atoms with Crippen LogP contribution in [0, 0.1) is 12.8 Å². The fourth-order valence-corrected chi connectivity index (χ4v) is 4.42. The Kier molecular flexibility index (Phi) is 4.78. The number of piperidine rings is 1. The van der Waals surface area contributed by atoms with Gasteiger partial charge in [-0.1, -0.05) is 0 Å². The molecule has 1 amide bonds. The molecule has 0 spiro atoms. The number of pyridine rings is 1. The van der Waals surface area contributed by atoms with E-state index in [0.717, 1.165) is 32.6 Å². The molecule has 0 radical (unpaired) electrons. The number of likely N-dealkylation sites (tertiary alicyclic amines) is 2. The Morgan fingerprint density at radius 1 is 1.31 bits per heavy atom. The molecule has 2 saturated heterocycles. The second kappa shape index (κ2) is 7.21. The van der Waals surface area contributed by atoms with Crippen LogP contribution in [0.2, 0.25) is 0 Å². The lowest BCUT2D eigenvalue weighted by molar-refractivity contribution is -0.0157. The van der Waals surface area contributed by atoms with Gasteiger partial charge in [-0.15, -0.1) is 0 Å². The quantitative estimate of drug-likeness (QED) is 0.843. The van der Waals surface area contributed by atoms with Crippen LogP contribution in [0.3, 0.4) is 0 Å². The van der Waals surface area contributed by atoms with E-state index >= 15 is 0 Å². The van der Waals surface area contributed by atoms with Crippen LogP contribution in [0.1, 0.15) is 28.1 Å². The van der Waals surface area contributed by atoms with Gasteiger partial charge in [-0.05, 0) is 37.1 Å². The minimum Gasteiger partial charge on any atom is -0.469 e. The Bertz CT molecular complexity index is 761. The SMILES string of the molecule is CO[C@H]1CCN(C(=O)c2ccoc2C)[C@@H]2CN(Cc3ccncc3)C[C@H]12. The Morgan fingerprint density at radius 3 is 2.81 bits per heavy atom. The molecule has 138 valence electrons. The summed E-state index contributed by atoms with van der Waals surface area (Å²) in [4.78, 5) is 21.6. The largest absolute Gasteiger partial charge is 0.469 e. The summed E-state index contributed by atoms with van der Waals surface area (Å²) >= 11 is 0. The van der Waals surface area contributed by atoms with Crippen molar-refractivity contribution in [2.24, 2.45) is 5.92 Å². The predicted octanol–water partition coefficient (Wildman–Crippen LogP) is 2.34. The van der Waals surface area contributed by atoms with Crippen LogP contribution >= 0.6 is 0 Å². The van der Waals surface area contributed by atoms with Gasteiger partial charge in [-0.3, -0.25) is 14.7 Å². The van der Waals surface area contributed by atoms with E-state index in [4.69, 9.17) is 9.15 Å². The normalized spacial score (nSPS) is 26.1. The van der Waals surface area contributed by atoms with Gasteiger partial charge in [0.15, 0.2) is 0 Å². The van der Waals surface area contributed by atoms with Crippen molar-refractivity contribution < 1.29 is 13.9 Å². The summed E-state index contributed by atoms with van der Waals surface area (Å²) in [5.41, 5.74) is 1.92. The van der Waals surface area contributed by atoms with Crippen molar-refractivity contribution in [1.29, 1.82) is 0 Å². The Hall–Kier alpha value is -2.18. The minimum absolute atomic E-state index is 0.0755. The van der Waals surface area contributed by atoms with E-state index in [1.807, 2.05) is 36.4 Å². The standard InChI is InChI=1S/C20H25N3O3/c1-14-16(6-10-26-14)20(24)23-9-5-19(25-2)17-12-22(13-18(17)23)11-15-3-7-21-8-4-15/h3-4,6-8,10,17-19H,5,9,11-13H2,1-2H3/t17-,18+,19-/m0/s1. The van der Waals surface area contributed by atoms with Gasteiger partial charge in [0.05, 0.1) is 24.0 Å². The summed E-state index contributed by atoms with van der Waals surface area (Å²) in [6.07, 6.45) is 6.33. The number of carbonyl (C=O) groups is 1. The second-order valence-corrected chi connectivity index (χ2v) is 7.23. The maximum absolute atomic E-state index is 13.1. The van der Waals surface area contributed by atoms with Crippen LogP contribution in [0.4, 0.5) is 0 Å². The van der Waals surface area contributed by atoms with Crippen LogP contribution < -0.4 is 0 Å². The van der Waals surface area contributed by atoms with Crippen molar-refractivity contribution >= 4 is 5.91 Å². The third-order valence-corrected chi connectivity index (χ3v) is 5.75. The van der Waals surface area contributed by atoms with E-state index in [1.165, 1.54) is 5.56 Å². The second-order valence-electron chi connectivity index (χ2n) is 7.23. The number of methoxy groups -OCH3 is 1. The molecule has 2 aromatic heterocycles. The van der Waals surface area contributed by atoms with Crippen LogP contribution in [0.5, 0.6) is 0 Å². The molecule has 2 aliphatic heterocycles. The van der Waals surface area contributed by atoms with E-state index in [9.17, 15) is 4.79 Å². The molecule has 4 heterocycles. The average Bonchev–Trinajstić information content (AvgIpc) is 3.27. The zero-order valence-corrected chi connectivity index (χ0v) is 15.3. The molecule has 2 aliphatic rings. The van der Waals surface area contributed by atoms with Gasteiger partial charge < -0.3 is 14.1 Å². The maximum Gasteiger partial charge on any atom is 0.257 e. The lowest BCUT2D eigenvalue weighted by Crippen LogP contribution is -2.53. The van der Waals surface area contributed by atoms with E-state index in [2.05, 4.69) is 9.88 Å². The first kappa shape index (κ1) is 17.2. The van der Waals surface area contributed by atoms with E-state index in [1.54, 1.807) is 19.4 Å². The molecule has 0 bridgehead atoms. The zero-order valence-electron chi connectivity index (χ0n) is 15.3. The number of aromatic nitrogens is 1. The van der Waals surface area contributed by atoms with Crippen LogP contribution in [0.15, 0.2) is 41.3 Å². The number of nitrogens with zero attached hydrogens (tertiary/aromatic N) is 3. The molecule has 2 fully saturated rings. The summed E-state index contributed by atoms with van der Waals surface area (Å²) in [7, 11) is 1.78. The fourth-order valence-electron chi connectivity index (χ4n) is 4.42. The number of ether oxygens (including phenoxy) is 1. The molecule has 26 heavy (non-hydrogen) atoms. The van der Waals surface area contributed by atoms with Crippen LogP contribution in [0.25, 0.3) is 0 Å². The average molecular weight is 355 g/mol. The number of amides is 1. The molecule has 0 aromatic carbocycles. The first-order valence-corrected chi connectivity index (χ1v) is 9.16. The molecule has 0 N–H and O–H groups in total. The molecule has 6 heteroatoms. The number of fused-ring (bicyclic) bond motifs is 1. The number of aryl methyl sites for hydroxylation is 1. The monoisotopic (exact) mass is 355 g/mol. The van der Waals surface area contributed by atoms with Crippen molar-refractivity contribution in [3.05, 3.63) is 53.7 Å². The summed E-state index contributed by atoms with van der Waals surface area (Å²) in [6, 6.07) is 6.05. The highest BCUT2D eigenvalue weighted by atomic mass is 16.5. The molecule has 0 unspecified atom stereocenters. The highest BCUT2D eigenvalue weighted by Crippen LogP contribution is 2.34. The highest BCUT2D eigenvalue weighted by Gasteiger charge is 2.46. The van der Waals surface area contributed by atoms with Gasteiger partial charge in [0, 0.05) is 51.6 Å². The molecule has 0 saturated carbocycles. The topological polar surface area (TPSA) is 58.8 Å². The van der Waals surface area contributed by atoms with Gasteiger partial charge in [0.25, 0.3) is 5.91 Å². The number of carbonyl (C=O) groups excluding carboxylic acids is 1. The predicted molar refractivity (Wildman–Crippen MR) is 96.7 cm³/mol. The smallest absolute Gasteiger partial charge is 0.257 e. The first-order chi connectivity index (χ1) is 12.7. The van der Waals surface area contributed by atoms with E-state index in [-0.39, 0.29) is 18.1 Å². The van der Waals surface area contributed by atoms with Crippen molar-refractivity contribution in [3.63, 3.8) is 0 Å². The maximum atomic E-state index is 13.1. The van der Waals surface area contributed by atoms with E-state index < -0.39 is 0 Å². The Morgan fingerprint density at radius 2 is 2.12 bits per heavy atom. The van der Waals surface area contributed by atoms with Gasteiger partial charge in [-0.25, -0.2) is 0 Å². The number of furan rings is 1.